The maximum Gasteiger partial charge on any atom is 0.242 e. The molecule has 6 nitrogen and oxygen atoms in total. The van der Waals surface area contributed by atoms with Gasteiger partial charge in [-0.15, -0.1) is 0 Å². The number of nitrogens with one attached hydrogen (secondary N) is 1. The SMILES string of the molecule is CCCCNC(=O)[C@H](CC)N(Cc1ccc(Cl)cc1)C(=O)CCc1ccc(OCC)c(OCC)c1. The number of benzene rings is 2. The number of ether oxygens (including phenoxy) is 2. The molecule has 0 aromatic heterocycles. The van der Waals surface area contributed by atoms with E-state index in [1.54, 1.807) is 17.0 Å². The summed E-state index contributed by atoms with van der Waals surface area (Å²) in [5.74, 6) is 1.20. The number of nitrogens with zero attached hydrogens (tertiary/aromatic N) is 1. The number of rotatable bonds is 15. The number of unbranched alkanes of at least 4 members (excludes halogenated alkanes) is 1. The van der Waals surface area contributed by atoms with E-state index in [4.69, 9.17) is 21.1 Å². The number of carbonyl (C=O) groups is 2. The summed E-state index contributed by atoms with van der Waals surface area (Å²) < 4.78 is 11.4. The normalized spacial score (nSPS) is 11.6. The van der Waals surface area contributed by atoms with E-state index in [1.165, 1.54) is 0 Å². The predicted octanol–water partition coefficient (Wildman–Crippen LogP) is 5.79. The lowest BCUT2D eigenvalue weighted by Crippen LogP contribution is -2.49. The fourth-order valence-corrected chi connectivity index (χ4v) is 3.98. The third-order valence-corrected chi connectivity index (χ3v) is 5.97. The third-order valence-electron chi connectivity index (χ3n) is 5.72. The average molecular weight is 503 g/mol. The van der Waals surface area contributed by atoms with Crippen LogP contribution in [0.25, 0.3) is 0 Å². The molecule has 0 aliphatic rings. The number of halogens is 1. The first-order valence-corrected chi connectivity index (χ1v) is 13.0. The molecule has 0 saturated heterocycles. The zero-order valence-corrected chi connectivity index (χ0v) is 22.2. The summed E-state index contributed by atoms with van der Waals surface area (Å²) >= 11 is 6.04. The van der Waals surface area contributed by atoms with Gasteiger partial charge in [0.15, 0.2) is 11.5 Å². The van der Waals surface area contributed by atoms with Crippen molar-refractivity contribution in [3.8, 4) is 11.5 Å². The van der Waals surface area contributed by atoms with Crippen LogP contribution in [-0.4, -0.2) is 42.5 Å². The smallest absolute Gasteiger partial charge is 0.242 e. The Morgan fingerprint density at radius 3 is 2.23 bits per heavy atom. The largest absolute Gasteiger partial charge is 0.490 e. The van der Waals surface area contributed by atoms with Crippen LogP contribution < -0.4 is 14.8 Å². The number of amides is 2. The highest BCUT2D eigenvalue weighted by Gasteiger charge is 2.28. The Hall–Kier alpha value is -2.73. The molecule has 35 heavy (non-hydrogen) atoms. The molecule has 192 valence electrons. The molecule has 0 heterocycles. The Labute approximate surface area is 214 Å². The van der Waals surface area contributed by atoms with Crippen molar-refractivity contribution in [3.05, 3.63) is 58.6 Å². The molecule has 2 aromatic carbocycles. The van der Waals surface area contributed by atoms with Crippen LogP contribution in [0, 0.1) is 0 Å². The van der Waals surface area contributed by atoms with E-state index < -0.39 is 6.04 Å². The monoisotopic (exact) mass is 502 g/mol. The van der Waals surface area contributed by atoms with Crippen molar-refractivity contribution >= 4 is 23.4 Å². The van der Waals surface area contributed by atoms with E-state index in [0.717, 1.165) is 24.0 Å². The van der Waals surface area contributed by atoms with Crippen LogP contribution in [0.5, 0.6) is 11.5 Å². The quantitative estimate of drug-likeness (QED) is 0.313. The lowest BCUT2D eigenvalue weighted by molar-refractivity contribution is -0.141. The molecule has 0 spiro atoms. The van der Waals surface area contributed by atoms with Crippen LogP contribution in [-0.2, 0) is 22.6 Å². The van der Waals surface area contributed by atoms with Crippen molar-refractivity contribution < 1.29 is 19.1 Å². The van der Waals surface area contributed by atoms with E-state index in [9.17, 15) is 9.59 Å². The van der Waals surface area contributed by atoms with Gasteiger partial charge in [0.05, 0.1) is 13.2 Å². The second kappa shape index (κ2) is 15.3. The lowest BCUT2D eigenvalue weighted by atomic mass is 10.1. The zero-order valence-electron chi connectivity index (χ0n) is 21.4. The van der Waals surface area contributed by atoms with Gasteiger partial charge in [-0.2, -0.15) is 0 Å². The van der Waals surface area contributed by atoms with E-state index in [-0.39, 0.29) is 18.2 Å². The molecular formula is C28H39ClN2O4. The van der Waals surface area contributed by atoms with E-state index in [1.807, 2.05) is 51.1 Å². The Bertz CT molecular complexity index is 933. The minimum Gasteiger partial charge on any atom is -0.490 e. The van der Waals surface area contributed by atoms with Crippen molar-refractivity contribution in [3.63, 3.8) is 0 Å². The van der Waals surface area contributed by atoms with Crippen molar-refractivity contribution in [2.75, 3.05) is 19.8 Å². The van der Waals surface area contributed by atoms with Crippen LogP contribution in [0.3, 0.4) is 0 Å². The van der Waals surface area contributed by atoms with Crippen LogP contribution >= 0.6 is 11.6 Å². The van der Waals surface area contributed by atoms with E-state index >= 15 is 0 Å². The molecular weight excluding hydrogens is 464 g/mol. The summed E-state index contributed by atoms with van der Waals surface area (Å²) in [5.41, 5.74) is 1.92. The van der Waals surface area contributed by atoms with Gasteiger partial charge in [-0.05, 0) is 68.5 Å². The van der Waals surface area contributed by atoms with Gasteiger partial charge in [-0.1, -0.05) is 50.1 Å². The lowest BCUT2D eigenvalue weighted by Gasteiger charge is -2.31. The molecule has 0 aliphatic carbocycles. The zero-order chi connectivity index (χ0) is 25.6. The molecule has 0 bridgehead atoms. The average Bonchev–Trinajstić information content (AvgIpc) is 2.85. The molecule has 0 saturated carbocycles. The van der Waals surface area contributed by atoms with Crippen molar-refractivity contribution in [1.82, 2.24) is 10.2 Å². The van der Waals surface area contributed by atoms with E-state index in [0.29, 0.717) is 55.7 Å². The predicted molar refractivity (Wildman–Crippen MR) is 141 cm³/mol. The number of hydrogen-bond donors (Lipinski definition) is 1. The summed E-state index contributed by atoms with van der Waals surface area (Å²) in [5, 5.41) is 3.63. The van der Waals surface area contributed by atoms with Crippen LogP contribution in [0.2, 0.25) is 5.02 Å². The topological polar surface area (TPSA) is 67.9 Å². The van der Waals surface area contributed by atoms with Gasteiger partial charge >= 0.3 is 0 Å². The first kappa shape index (κ1) is 28.5. The molecule has 0 radical (unpaired) electrons. The van der Waals surface area contributed by atoms with Gasteiger partial charge in [0.1, 0.15) is 6.04 Å². The van der Waals surface area contributed by atoms with Crippen molar-refractivity contribution in [2.24, 2.45) is 0 Å². The highest BCUT2D eigenvalue weighted by Crippen LogP contribution is 2.29. The number of hydrogen-bond acceptors (Lipinski definition) is 4. The molecule has 0 fully saturated rings. The minimum atomic E-state index is -0.533. The summed E-state index contributed by atoms with van der Waals surface area (Å²) in [7, 11) is 0. The van der Waals surface area contributed by atoms with Gasteiger partial charge in [0, 0.05) is 24.5 Å². The first-order chi connectivity index (χ1) is 16.9. The summed E-state index contributed by atoms with van der Waals surface area (Å²) in [6.07, 6.45) is 3.26. The second-order valence-corrected chi connectivity index (χ2v) is 8.80. The van der Waals surface area contributed by atoms with Gasteiger partial charge < -0.3 is 19.7 Å². The summed E-state index contributed by atoms with van der Waals surface area (Å²) in [6.45, 7) is 9.92. The number of carbonyl (C=O) groups excluding carboxylic acids is 2. The Morgan fingerprint density at radius 2 is 1.60 bits per heavy atom. The molecule has 2 amide bonds. The molecule has 2 rings (SSSR count). The Balaban J connectivity index is 2.19. The van der Waals surface area contributed by atoms with Crippen LogP contribution in [0.15, 0.2) is 42.5 Å². The fraction of sp³-hybridized carbons (Fsp3) is 0.500. The van der Waals surface area contributed by atoms with Gasteiger partial charge in [-0.3, -0.25) is 9.59 Å². The maximum absolute atomic E-state index is 13.5. The fourth-order valence-electron chi connectivity index (χ4n) is 3.86. The summed E-state index contributed by atoms with van der Waals surface area (Å²) in [6, 6.07) is 12.6. The highest BCUT2D eigenvalue weighted by molar-refractivity contribution is 6.30. The van der Waals surface area contributed by atoms with E-state index in [2.05, 4.69) is 12.2 Å². The minimum absolute atomic E-state index is 0.0655. The second-order valence-electron chi connectivity index (χ2n) is 8.36. The molecule has 1 atom stereocenters. The van der Waals surface area contributed by atoms with Crippen LogP contribution in [0.1, 0.15) is 64.5 Å². The molecule has 0 aliphatic heterocycles. The van der Waals surface area contributed by atoms with Gasteiger partial charge in [0.25, 0.3) is 0 Å². The summed E-state index contributed by atoms with van der Waals surface area (Å²) in [4.78, 5) is 28.1. The first-order valence-electron chi connectivity index (χ1n) is 12.6. The highest BCUT2D eigenvalue weighted by atomic mass is 35.5. The van der Waals surface area contributed by atoms with Crippen molar-refractivity contribution in [2.45, 2.75) is 72.4 Å². The van der Waals surface area contributed by atoms with Crippen molar-refractivity contribution in [1.29, 1.82) is 0 Å². The van der Waals surface area contributed by atoms with Crippen LogP contribution in [0.4, 0.5) is 0 Å². The third kappa shape index (κ3) is 9.10. The number of aryl methyl sites for hydroxylation is 1. The molecule has 7 heteroatoms. The Morgan fingerprint density at radius 1 is 0.943 bits per heavy atom. The maximum atomic E-state index is 13.5. The van der Waals surface area contributed by atoms with Gasteiger partial charge in [-0.25, -0.2) is 0 Å². The Kier molecular flexibility index (Phi) is 12.5. The molecule has 2 aromatic rings. The molecule has 1 N–H and O–H groups in total. The van der Waals surface area contributed by atoms with Gasteiger partial charge in [0.2, 0.25) is 11.8 Å². The molecule has 0 unspecified atom stereocenters. The standard InChI is InChI=1S/C28H39ClN2O4/c1-5-9-18-30-28(33)24(6-2)31(20-22-10-14-23(29)15-11-22)27(32)17-13-21-12-16-25(34-7-3)26(19-21)35-8-4/h10-12,14-16,19,24H,5-9,13,17-18,20H2,1-4H3,(H,30,33)/t24-/m0/s1.